The van der Waals surface area contributed by atoms with Gasteiger partial charge in [0.1, 0.15) is 0 Å². The molecule has 0 aliphatic heterocycles. The molecular formula is C31H38. The molecule has 0 atom stereocenters. The van der Waals surface area contributed by atoms with Gasteiger partial charge in [0.05, 0.1) is 0 Å². The summed E-state index contributed by atoms with van der Waals surface area (Å²) in [5.41, 5.74) is 8.20. The van der Waals surface area contributed by atoms with Crippen LogP contribution < -0.4 is 0 Å². The highest BCUT2D eigenvalue weighted by Crippen LogP contribution is 2.27. The van der Waals surface area contributed by atoms with E-state index in [1.54, 1.807) is 0 Å². The van der Waals surface area contributed by atoms with Crippen molar-refractivity contribution in [1.82, 2.24) is 0 Å². The third kappa shape index (κ3) is 6.82. The Morgan fingerprint density at radius 3 is 1.06 bits per heavy atom. The van der Waals surface area contributed by atoms with Crippen LogP contribution in [0.15, 0.2) is 72.8 Å². The smallest absolute Gasteiger partial charge is 0.0178 e. The number of benzene rings is 3. The molecule has 0 N–H and O–H groups in total. The summed E-state index contributed by atoms with van der Waals surface area (Å²) in [6.45, 7) is 0. The Hall–Kier alpha value is -2.34. The molecule has 0 nitrogen and oxygen atoms in total. The van der Waals surface area contributed by atoms with Crippen LogP contribution in [0.4, 0.5) is 0 Å². The fourth-order valence-corrected chi connectivity index (χ4v) is 4.86. The highest BCUT2D eigenvalue weighted by Gasteiger charge is 2.04. The molecule has 162 valence electrons. The molecule has 0 heteroatoms. The van der Waals surface area contributed by atoms with Gasteiger partial charge in [-0.1, -0.05) is 125 Å². The van der Waals surface area contributed by atoms with Gasteiger partial charge in [-0.2, -0.15) is 0 Å². The number of rotatable bonds is 0. The van der Waals surface area contributed by atoms with Gasteiger partial charge in [-0.05, 0) is 65.1 Å². The predicted molar refractivity (Wildman–Crippen MR) is 136 cm³/mol. The highest BCUT2D eigenvalue weighted by atomic mass is 14.1. The van der Waals surface area contributed by atoms with E-state index in [9.17, 15) is 0 Å². The Balaban J connectivity index is 1.48. The van der Waals surface area contributed by atoms with Crippen LogP contribution in [0.5, 0.6) is 0 Å². The van der Waals surface area contributed by atoms with Gasteiger partial charge in [0, 0.05) is 0 Å². The molecule has 0 saturated heterocycles. The topological polar surface area (TPSA) is 0 Å². The minimum absolute atomic E-state index is 1.21. The van der Waals surface area contributed by atoms with Gasteiger partial charge in [0.15, 0.2) is 0 Å². The van der Waals surface area contributed by atoms with Crippen LogP contribution in [-0.4, -0.2) is 0 Å². The van der Waals surface area contributed by atoms with Gasteiger partial charge in [0.25, 0.3) is 0 Å². The van der Waals surface area contributed by atoms with E-state index in [2.05, 4.69) is 72.8 Å². The fraction of sp³-hybridized carbons (Fsp3) is 0.419. The van der Waals surface area contributed by atoms with Crippen LogP contribution in [0.1, 0.15) is 81.8 Å². The average Bonchev–Trinajstić information content (AvgIpc) is 2.82. The Morgan fingerprint density at radius 1 is 0.323 bits per heavy atom. The molecule has 3 aliphatic carbocycles. The summed E-state index contributed by atoms with van der Waals surface area (Å²) >= 11 is 0. The van der Waals surface area contributed by atoms with Gasteiger partial charge in [-0.15, -0.1) is 0 Å². The van der Waals surface area contributed by atoms with Crippen molar-refractivity contribution in [3.63, 3.8) is 0 Å². The molecule has 3 aliphatic rings. The first-order valence-electron chi connectivity index (χ1n) is 12.7. The normalized spacial score (nSPS) is 16.6. The van der Waals surface area contributed by atoms with Crippen molar-refractivity contribution in [2.45, 2.75) is 83.5 Å². The fourth-order valence-electron chi connectivity index (χ4n) is 4.86. The first-order valence-corrected chi connectivity index (χ1v) is 12.7. The molecule has 0 saturated carbocycles. The lowest BCUT2D eigenvalue weighted by atomic mass is 9.96. The number of aryl methyl sites for hydroxylation is 2. The van der Waals surface area contributed by atoms with Crippen LogP contribution in [0.25, 0.3) is 22.3 Å². The molecule has 0 radical (unpaired) electrons. The molecular weight excluding hydrogens is 372 g/mol. The van der Waals surface area contributed by atoms with Gasteiger partial charge in [0.2, 0.25) is 0 Å². The van der Waals surface area contributed by atoms with Crippen molar-refractivity contribution in [3.05, 3.63) is 83.9 Å². The lowest BCUT2D eigenvalue weighted by Crippen LogP contribution is -1.89. The zero-order valence-electron chi connectivity index (χ0n) is 19.1. The van der Waals surface area contributed by atoms with Crippen LogP contribution in [0.3, 0.4) is 0 Å². The first-order chi connectivity index (χ1) is 15.4. The average molecular weight is 411 g/mol. The van der Waals surface area contributed by atoms with E-state index in [0.29, 0.717) is 0 Å². The Kier molecular flexibility index (Phi) is 8.39. The van der Waals surface area contributed by atoms with Crippen LogP contribution >= 0.6 is 0 Å². The van der Waals surface area contributed by atoms with E-state index >= 15 is 0 Å². The van der Waals surface area contributed by atoms with Gasteiger partial charge < -0.3 is 0 Å². The second-order valence-electron chi connectivity index (χ2n) is 9.36. The maximum absolute atomic E-state index is 2.34. The molecule has 0 fully saturated rings. The van der Waals surface area contributed by atoms with Crippen LogP contribution in [0, 0.1) is 0 Å². The predicted octanol–water partition coefficient (Wildman–Crippen LogP) is 9.41. The zero-order valence-corrected chi connectivity index (χ0v) is 19.1. The zero-order chi connectivity index (χ0) is 21.1. The summed E-state index contributed by atoms with van der Waals surface area (Å²) in [5, 5.41) is 0. The van der Waals surface area contributed by atoms with Crippen molar-refractivity contribution in [1.29, 1.82) is 0 Å². The molecule has 31 heavy (non-hydrogen) atoms. The van der Waals surface area contributed by atoms with Crippen LogP contribution in [0.2, 0.25) is 0 Å². The summed E-state index contributed by atoms with van der Waals surface area (Å²) in [7, 11) is 0. The Bertz CT molecular complexity index is 829. The third-order valence-corrected chi connectivity index (χ3v) is 6.87. The molecule has 0 spiro atoms. The summed E-state index contributed by atoms with van der Waals surface area (Å²) in [4.78, 5) is 0. The summed E-state index contributed by atoms with van der Waals surface area (Å²) in [6.07, 6.45) is 17.8. The van der Waals surface area contributed by atoms with Crippen molar-refractivity contribution in [2.75, 3.05) is 0 Å². The maximum atomic E-state index is 2.34. The Morgan fingerprint density at radius 2 is 0.677 bits per heavy atom. The number of fused-ring (bicyclic) bond motifs is 2. The van der Waals surface area contributed by atoms with Crippen molar-refractivity contribution >= 4 is 0 Å². The quantitative estimate of drug-likeness (QED) is 0.346. The molecule has 6 rings (SSSR count). The third-order valence-electron chi connectivity index (χ3n) is 6.87. The molecule has 0 unspecified atom stereocenters. The summed E-state index contributed by atoms with van der Waals surface area (Å²) in [5.74, 6) is 0. The minimum Gasteiger partial charge on any atom is -0.0610 e. The SMILES string of the molecule is c1cc2cc(c1)-c1ccc(cc1)CCCCCCCCCCCCCc1ccc-2cc1. The molecule has 3 aromatic carbocycles. The van der Waals surface area contributed by atoms with Crippen molar-refractivity contribution in [2.24, 2.45) is 0 Å². The largest absolute Gasteiger partial charge is 0.0610 e. The lowest BCUT2D eigenvalue weighted by Gasteiger charge is -2.09. The minimum atomic E-state index is 1.21. The van der Waals surface area contributed by atoms with Gasteiger partial charge in [-0.25, -0.2) is 0 Å². The second-order valence-corrected chi connectivity index (χ2v) is 9.36. The Labute approximate surface area is 189 Å². The van der Waals surface area contributed by atoms with Crippen molar-refractivity contribution < 1.29 is 0 Å². The van der Waals surface area contributed by atoms with Gasteiger partial charge >= 0.3 is 0 Å². The van der Waals surface area contributed by atoms with E-state index in [1.165, 1.54) is 117 Å². The molecule has 6 bridgehead atoms. The molecule has 0 aromatic heterocycles. The van der Waals surface area contributed by atoms with E-state index in [0.717, 1.165) is 0 Å². The van der Waals surface area contributed by atoms with E-state index in [4.69, 9.17) is 0 Å². The van der Waals surface area contributed by atoms with Crippen molar-refractivity contribution in [3.8, 4) is 22.3 Å². The lowest BCUT2D eigenvalue weighted by molar-refractivity contribution is 0.545. The molecule has 3 aromatic rings. The van der Waals surface area contributed by atoms with E-state index < -0.39 is 0 Å². The summed E-state index contributed by atoms with van der Waals surface area (Å²) < 4.78 is 0. The van der Waals surface area contributed by atoms with E-state index in [-0.39, 0.29) is 0 Å². The van der Waals surface area contributed by atoms with Crippen LogP contribution in [-0.2, 0) is 12.8 Å². The second kappa shape index (κ2) is 11.9. The number of hydrogen-bond donors (Lipinski definition) is 0. The number of hydrogen-bond acceptors (Lipinski definition) is 0. The highest BCUT2D eigenvalue weighted by molar-refractivity contribution is 5.73. The van der Waals surface area contributed by atoms with Gasteiger partial charge in [-0.3, -0.25) is 0 Å². The first kappa shape index (κ1) is 21.9. The maximum Gasteiger partial charge on any atom is -0.0178 e. The monoisotopic (exact) mass is 410 g/mol. The molecule has 0 heterocycles. The van der Waals surface area contributed by atoms with E-state index in [1.807, 2.05) is 0 Å². The standard InChI is InChI=1S/C31H38/c1-2-4-6-8-10-13-26-17-21-28(22-18-26)30-15-12-16-31(25-30)29-23-19-27(20-24-29)14-11-9-7-5-3-1/h12,15-25H,1-11,13-14H2. The summed E-state index contributed by atoms with van der Waals surface area (Å²) in [6, 6.07) is 27.5. The molecule has 0 amide bonds.